The number of hydrogen-bond donors (Lipinski definition) is 1. The van der Waals surface area contributed by atoms with Crippen LogP contribution in [0.3, 0.4) is 0 Å². The molecule has 0 heterocycles. The van der Waals surface area contributed by atoms with Crippen molar-refractivity contribution in [3.05, 3.63) is 65.2 Å². The van der Waals surface area contributed by atoms with Crippen LogP contribution in [-0.4, -0.2) is 24.0 Å². The molecule has 5 heteroatoms. The molecule has 0 fully saturated rings. The van der Waals surface area contributed by atoms with Gasteiger partial charge in [-0.2, -0.15) is 0 Å². The Balaban J connectivity index is 1.56. The number of amides is 1. The fraction of sp³-hybridized carbons (Fsp3) is 0.235. The van der Waals surface area contributed by atoms with E-state index in [9.17, 15) is 4.79 Å². The van der Waals surface area contributed by atoms with Crippen molar-refractivity contribution < 1.29 is 9.53 Å². The Kier molecular flexibility index (Phi) is 7.13. The summed E-state index contributed by atoms with van der Waals surface area (Å²) in [6.45, 7) is 1.09. The van der Waals surface area contributed by atoms with Crippen LogP contribution in [0.4, 0.5) is 0 Å². The van der Waals surface area contributed by atoms with E-state index in [2.05, 4.69) is 5.32 Å². The number of para-hydroxylation sites is 1. The number of hydrogen-bond acceptors (Lipinski definition) is 3. The van der Waals surface area contributed by atoms with Gasteiger partial charge in [0.1, 0.15) is 5.75 Å². The van der Waals surface area contributed by atoms with Crippen LogP contribution in [0.15, 0.2) is 54.6 Å². The molecule has 0 aromatic heterocycles. The van der Waals surface area contributed by atoms with E-state index in [0.29, 0.717) is 23.9 Å². The predicted octanol–water partition coefficient (Wildman–Crippen LogP) is 3.77. The van der Waals surface area contributed by atoms with E-state index in [-0.39, 0.29) is 5.91 Å². The molecule has 0 aliphatic rings. The minimum Gasteiger partial charge on any atom is -0.493 e. The van der Waals surface area contributed by atoms with E-state index in [1.807, 2.05) is 54.6 Å². The fourth-order valence-corrected chi connectivity index (χ4v) is 2.64. The fourth-order valence-electron chi connectivity index (χ4n) is 1.80. The molecule has 0 spiro atoms. The zero-order valence-electron chi connectivity index (χ0n) is 12.1. The van der Waals surface area contributed by atoms with Crippen molar-refractivity contribution >= 4 is 29.3 Å². The summed E-state index contributed by atoms with van der Waals surface area (Å²) >= 11 is 7.45. The molecule has 0 aliphatic heterocycles. The van der Waals surface area contributed by atoms with Crippen molar-refractivity contribution in [2.45, 2.75) is 6.54 Å². The van der Waals surface area contributed by atoms with E-state index in [1.54, 1.807) is 11.8 Å². The van der Waals surface area contributed by atoms with Crippen molar-refractivity contribution in [2.75, 3.05) is 18.1 Å². The Hall–Kier alpha value is -1.65. The molecule has 22 heavy (non-hydrogen) atoms. The number of carbonyl (C=O) groups is 1. The Morgan fingerprint density at radius 1 is 1.14 bits per heavy atom. The van der Waals surface area contributed by atoms with E-state index in [0.717, 1.165) is 17.1 Å². The van der Waals surface area contributed by atoms with Crippen LogP contribution < -0.4 is 10.1 Å². The first-order valence-corrected chi connectivity index (χ1v) is 8.54. The van der Waals surface area contributed by atoms with Crippen LogP contribution in [0.25, 0.3) is 0 Å². The number of carbonyl (C=O) groups excluding carboxylic acids is 1. The molecular weight excluding hydrogens is 318 g/mol. The van der Waals surface area contributed by atoms with Crippen molar-refractivity contribution in [1.82, 2.24) is 5.32 Å². The molecule has 0 saturated carbocycles. The first-order valence-electron chi connectivity index (χ1n) is 7.01. The lowest BCUT2D eigenvalue weighted by Crippen LogP contribution is -2.24. The maximum absolute atomic E-state index is 11.7. The lowest BCUT2D eigenvalue weighted by molar-refractivity contribution is -0.118. The highest BCUT2D eigenvalue weighted by molar-refractivity contribution is 7.99. The lowest BCUT2D eigenvalue weighted by atomic mass is 10.2. The molecule has 2 rings (SSSR count). The number of rotatable bonds is 8. The van der Waals surface area contributed by atoms with Crippen molar-refractivity contribution in [2.24, 2.45) is 0 Å². The van der Waals surface area contributed by atoms with Gasteiger partial charge in [-0.1, -0.05) is 41.9 Å². The average molecular weight is 336 g/mol. The summed E-state index contributed by atoms with van der Waals surface area (Å²) in [4.78, 5) is 11.7. The summed E-state index contributed by atoms with van der Waals surface area (Å²) in [7, 11) is 0. The highest BCUT2D eigenvalue weighted by Gasteiger charge is 2.02. The van der Waals surface area contributed by atoms with Gasteiger partial charge in [0.25, 0.3) is 0 Å². The van der Waals surface area contributed by atoms with Gasteiger partial charge in [0.2, 0.25) is 5.91 Å². The van der Waals surface area contributed by atoms with Gasteiger partial charge in [0.15, 0.2) is 0 Å². The molecule has 0 aliphatic carbocycles. The summed E-state index contributed by atoms with van der Waals surface area (Å²) in [5.41, 5.74) is 0.998. The van der Waals surface area contributed by atoms with Gasteiger partial charge in [0, 0.05) is 17.3 Å². The Morgan fingerprint density at radius 2 is 1.95 bits per heavy atom. The number of nitrogens with one attached hydrogen (secondary N) is 1. The van der Waals surface area contributed by atoms with Crippen molar-refractivity contribution in [3.63, 3.8) is 0 Å². The second kappa shape index (κ2) is 9.38. The average Bonchev–Trinajstić information content (AvgIpc) is 2.54. The van der Waals surface area contributed by atoms with Gasteiger partial charge in [-0.05, 0) is 29.8 Å². The van der Waals surface area contributed by atoms with Gasteiger partial charge < -0.3 is 10.1 Å². The van der Waals surface area contributed by atoms with E-state index in [4.69, 9.17) is 16.3 Å². The number of halogens is 1. The third-order valence-corrected chi connectivity index (χ3v) is 4.01. The number of benzene rings is 2. The summed E-state index contributed by atoms with van der Waals surface area (Å²) < 4.78 is 5.56. The zero-order chi connectivity index (χ0) is 15.6. The minimum absolute atomic E-state index is 0.0182. The van der Waals surface area contributed by atoms with E-state index in [1.165, 1.54) is 0 Å². The van der Waals surface area contributed by atoms with Gasteiger partial charge in [-0.3, -0.25) is 4.79 Å². The number of thioether (sulfide) groups is 1. The highest BCUT2D eigenvalue weighted by Crippen LogP contribution is 2.11. The lowest BCUT2D eigenvalue weighted by Gasteiger charge is -2.07. The summed E-state index contributed by atoms with van der Waals surface area (Å²) in [5.74, 6) is 2.08. The smallest absolute Gasteiger partial charge is 0.230 e. The molecule has 3 nitrogen and oxygen atoms in total. The first-order chi connectivity index (χ1) is 10.7. The first kappa shape index (κ1) is 16.7. The van der Waals surface area contributed by atoms with Gasteiger partial charge in [-0.15, -0.1) is 11.8 Å². The van der Waals surface area contributed by atoms with Crippen LogP contribution in [-0.2, 0) is 11.3 Å². The monoisotopic (exact) mass is 335 g/mol. The summed E-state index contributed by atoms with van der Waals surface area (Å²) in [6.07, 6.45) is 0. The van der Waals surface area contributed by atoms with Crippen LogP contribution in [0.1, 0.15) is 5.56 Å². The van der Waals surface area contributed by atoms with Crippen molar-refractivity contribution in [3.8, 4) is 5.75 Å². The molecule has 0 saturated heterocycles. The molecule has 0 radical (unpaired) electrons. The maximum Gasteiger partial charge on any atom is 0.230 e. The second-order valence-corrected chi connectivity index (χ2v) is 6.16. The van der Waals surface area contributed by atoms with Crippen LogP contribution in [0.2, 0.25) is 5.02 Å². The standard InChI is InChI=1S/C17H18ClNO2S/c18-15-6-4-5-14(11-15)12-19-17(20)13-22-10-9-21-16-7-2-1-3-8-16/h1-8,11H,9-10,12-13H2,(H,19,20). The van der Waals surface area contributed by atoms with Crippen LogP contribution in [0, 0.1) is 0 Å². The maximum atomic E-state index is 11.7. The summed E-state index contributed by atoms with van der Waals surface area (Å²) in [6, 6.07) is 17.1. The normalized spacial score (nSPS) is 10.2. The van der Waals surface area contributed by atoms with Gasteiger partial charge in [-0.25, -0.2) is 0 Å². The molecule has 116 valence electrons. The molecule has 0 bridgehead atoms. The SMILES string of the molecule is O=C(CSCCOc1ccccc1)NCc1cccc(Cl)c1. The molecule has 1 amide bonds. The molecule has 0 unspecified atom stereocenters. The summed E-state index contributed by atoms with van der Waals surface area (Å²) in [5, 5.41) is 3.56. The Bertz CT molecular complexity index is 592. The molecular formula is C17H18ClNO2S. The largest absolute Gasteiger partial charge is 0.493 e. The van der Waals surface area contributed by atoms with E-state index < -0.39 is 0 Å². The molecule has 2 aromatic rings. The third-order valence-electron chi connectivity index (χ3n) is 2.85. The second-order valence-electron chi connectivity index (χ2n) is 4.62. The zero-order valence-corrected chi connectivity index (χ0v) is 13.7. The van der Waals surface area contributed by atoms with Crippen LogP contribution in [0.5, 0.6) is 5.75 Å². The Labute approximate surface area is 140 Å². The topological polar surface area (TPSA) is 38.3 Å². The minimum atomic E-state index is 0.0182. The number of ether oxygens (including phenoxy) is 1. The van der Waals surface area contributed by atoms with Gasteiger partial charge in [0.05, 0.1) is 12.4 Å². The van der Waals surface area contributed by atoms with Crippen molar-refractivity contribution in [1.29, 1.82) is 0 Å². The molecule has 0 atom stereocenters. The van der Waals surface area contributed by atoms with E-state index >= 15 is 0 Å². The predicted molar refractivity (Wildman–Crippen MR) is 92.6 cm³/mol. The highest BCUT2D eigenvalue weighted by atomic mass is 35.5. The van der Waals surface area contributed by atoms with Crippen LogP contribution >= 0.6 is 23.4 Å². The third kappa shape index (κ3) is 6.41. The Morgan fingerprint density at radius 3 is 2.73 bits per heavy atom. The molecule has 2 aromatic carbocycles. The van der Waals surface area contributed by atoms with Gasteiger partial charge >= 0.3 is 0 Å². The quantitative estimate of drug-likeness (QED) is 0.746. The molecule has 1 N–H and O–H groups in total.